The molecule has 1 aromatic heterocycles. The zero-order valence-electron chi connectivity index (χ0n) is 7.77. The van der Waals surface area contributed by atoms with E-state index in [2.05, 4.69) is 5.10 Å². The third-order valence-corrected chi connectivity index (χ3v) is 2.93. The van der Waals surface area contributed by atoms with Gasteiger partial charge >= 0.3 is 0 Å². The Kier molecular flexibility index (Phi) is 2.00. The summed E-state index contributed by atoms with van der Waals surface area (Å²) in [6, 6.07) is 0. The second-order valence-electron chi connectivity index (χ2n) is 3.74. The van der Waals surface area contributed by atoms with Crippen molar-refractivity contribution in [2.24, 2.45) is 13.0 Å². The maximum atomic E-state index is 9.90. The van der Waals surface area contributed by atoms with E-state index < -0.39 is 6.10 Å². The number of hydrogen-bond donors (Lipinski definition) is 2. The van der Waals surface area contributed by atoms with Crippen LogP contribution in [0, 0.1) is 5.92 Å². The lowest BCUT2D eigenvalue weighted by molar-refractivity contribution is 0.0626. The summed E-state index contributed by atoms with van der Waals surface area (Å²) in [5.41, 5.74) is 6.55. The number of aromatic nitrogens is 2. The van der Waals surface area contributed by atoms with Gasteiger partial charge in [0.05, 0.1) is 12.3 Å². The van der Waals surface area contributed by atoms with Gasteiger partial charge < -0.3 is 10.8 Å². The second-order valence-corrected chi connectivity index (χ2v) is 3.74. The Morgan fingerprint density at radius 3 is 2.77 bits per heavy atom. The second kappa shape index (κ2) is 3.03. The highest BCUT2D eigenvalue weighted by atomic mass is 16.3. The van der Waals surface area contributed by atoms with Crippen LogP contribution in [0.2, 0.25) is 0 Å². The van der Waals surface area contributed by atoms with Crippen LogP contribution in [0.1, 0.15) is 30.9 Å². The van der Waals surface area contributed by atoms with Gasteiger partial charge in [0, 0.05) is 12.6 Å². The normalized spacial score (nSPS) is 19.8. The fraction of sp³-hybridized carbons (Fsp3) is 0.667. The number of hydrogen-bond acceptors (Lipinski definition) is 3. The number of nitrogen functional groups attached to an aromatic ring is 1. The van der Waals surface area contributed by atoms with Crippen molar-refractivity contribution in [3.63, 3.8) is 0 Å². The molecule has 0 bridgehead atoms. The predicted octanol–water partition coefficient (Wildman–Crippen LogP) is 0.836. The maximum absolute atomic E-state index is 9.90. The Morgan fingerprint density at radius 2 is 2.38 bits per heavy atom. The van der Waals surface area contributed by atoms with Crippen LogP contribution in [0.5, 0.6) is 0 Å². The molecule has 1 saturated carbocycles. The van der Waals surface area contributed by atoms with Crippen LogP contribution < -0.4 is 5.73 Å². The van der Waals surface area contributed by atoms with E-state index in [4.69, 9.17) is 5.73 Å². The molecule has 72 valence electrons. The Morgan fingerprint density at radius 1 is 1.69 bits per heavy atom. The number of aryl methyl sites for hydroxylation is 1. The lowest BCUT2D eigenvalue weighted by Crippen LogP contribution is -2.20. The summed E-state index contributed by atoms with van der Waals surface area (Å²) in [4.78, 5) is 0. The topological polar surface area (TPSA) is 64.1 Å². The molecular formula is C9H15N3O. The quantitative estimate of drug-likeness (QED) is 0.710. The third kappa shape index (κ3) is 1.31. The fourth-order valence-electron chi connectivity index (χ4n) is 1.70. The first-order valence-electron chi connectivity index (χ1n) is 4.65. The van der Waals surface area contributed by atoms with Gasteiger partial charge in [-0.05, 0) is 18.8 Å². The SMILES string of the molecule is Cn1ncc(C(O)C2CCC2)c1N. The largest absolute Gasteiger partial charge is 0.388 e. The standard InChI is InChI=1S/C9H15N3O/c1-12-9(10)7(5-11-12)8(13)6-3-2-4-6/h5-6,8,13H,2-4,10H2,1H3. The van der Waals surface area contributed by atoms with Crippen LogP contribution >= 0.6 is 0 Å². The van der Waals surface area contributed by atoms with Crippen molar-refractivity contribution in [1.29, 1.82) is 0 Å². The molecule has 0 radical (unpaired) electrons. The number of nitrogens with zero attached hydrogens (tertiary/aromatic N) is 2. The Bertz CT molecular complexity index is 304. The number of aliphatic hydroxyl groups excluding tert-OH is 1. The monoisotopic (exact) mass is 181 g/mol. The molecule has 3 N–H and O–H groups in total. The third-order valence-electron chi connectivity index (χ3n) is 2.93. The van der Waals surface area contributed by atoms with Gasteiger partial charge in [-0.15, -0.1) is 0 Å². The molecule has 1 aromatic rings. The lowest BCUT2D eigenvalue weighted by atomic mass is 9.79. The first-order valence-corrected chi connectivity index (χ1v) is 4.65. The summed E-state index contributed by atoms with van der Waals surface area (Å²) in [5, 5.41) is 13.9. The van der Waals surface area contributed by atoms with Crippen molar-refractivity contribution in [3.05, 3.63) is 11.8 Å². The molecule has 0 aliphatic heterocycles. The van der Waals surface area contributed by atoms with Crippen LogP contribution in [0.15, 0.2) is 6.20 Å². The minimum atomic E-state index is -0.414. The Hall–Kier alpha value is -1.03. The predicted molar refractivity (Wildman–Crippen MR) is 49.9 cm³/mol. The average molecular weight is 181 g/mol. The molecule has 2 rings (SSSR count). The van der Waals surface area contributed by atoms with Gasteiger partial charge in [-0.1, -0.05) is 6.42 Å². The summed E-state index contributed by atoms with van der Waals surface area (Å²) in [5.74, 6) is 0.978. The molecule has 4 heteroatoms. The smallest absolute Gasteiger partial charge is 0.127 e. The Labute approximate surface area is 77.4 Å². The van der Waals surface area contributed by atoms with Gasteiger partial charge in [-0.2, -0.15) is 5.10 Å². The van der Waals surface area contributed by atoms with Gasteiger partial charge in [0.1, 0.15) is 5.82 Å². The highest BCUT2D eigenvalue weighted by molar-refractivity contribution is 5.40. The van der Waals surface area contributed by atoms with E-state index >= 15 is 0 Å². The van der Waals surface area contributed by atoms with Crippen LogP contribution in [0.3, 0.4) is 0 Å². The van der Waals surface area contributed by atoms with Gasteiger partial charge in [-0.3, -0.25) is 4.68 Å². The van der Waals surface area contributed by atoms with E-state index in [0.717, 1.165) is 18.4 Å². The van der Waals surface area contributed by atoms with Crippen LogP contribution in [-0.2, 0) is 7.05 Å². The molecule has 0 saturated heterocycles. The van der Waals surface area contributed by atoms with Gasteiger partial charge in [0.2, 0.25) is 0 Å². The zero-order valence-corrected chi connectivity index (χ0v) is 7.77. The number of aliphatic hydroxyl groups is 1. The summed E-state index contributed by atoms with van der Waals surface area (Å²) < 4.78 is 1.59. The lowest BCUT2D eigenvalue weighted by Gasteiger charge is -2.29. The van der Waals surface area contributed by atoms with E-state index in [-0.39, 0.29) is 0 Å². The number of anilines is 1. The minimum absolute atomic E-state index is 0.395. The number of nitrogens with two attached hydrogens (primary N) is 1. The van der Waals surface area contributed by atoms with E-state index in [0.29, 0.717) is 11.7 Å². The minimum Gasteiger partial charge on any atom is -0.388 e. The Balaban J connectivity index is 2.18. The highest BCUT2D eigenvalue weighted by Gasteiger charge is 2.29. The molecule has 4 nitrogen and oxygen atoms in total. The molecule has 1 fully saturated rings. The van der Waals surface area contributed by atoms with Crippen molar-refractivity contribution >= 4 is 5.82 Å². The molecule has 0 spiro atoms. The van der Waals surface area contributed by atoms with Gasteiger partial charge in [0.15, 0.2) is 0 Å². The van der Waals surface area contributed by atoms with Crippen LogP contribution in [0.25, 0.3) is 0 Å². The molecule has 1 unspecified atom stereocenters. The zero-order chi connectivity index (χ0) is 9.42. The van der Waals surface area contributed by atoms with Crippen molar-refractivity contribution in [1.82, 2.24) is 9.78 Å². The van der Waals surface area contributed by atoms with E-state index in [1.165, 1.54) is 6.42 Å². The molecule has 1 heterocycles. The van der Waals surface area contributed by atoms with Crippen molar-refractivity contribution < 1.29 is 5.11 Å². The first-order chi connectivity index (χ1) is 6.20. The van der Waals surface area contributed by atoms with Crippen molar-refractivity contribution in [2.75, 3.05) is 5.73 Å². The molecule has 13 heavy (non-hydrogen) atoms. The summed E-state index contributed by atoms with van der Waals surface area (Å²) in [7, 11) is 1.78. The van der Waals surface area contributed by atoms with Crippen molar-refractivity contribution in [3.8, 4) is 0 Å². The van der Waals surface area contributed by atoms with Crippen LogP contribution in [0.4, 0.5) is 5.82 Å². The van der Waals surface area contributed by atoms with Gasteiger partial charge in [-0.25, -0.2) is 0 Å². The van der Waals surface area contributed by atoms with E-state index in [1.54, 1.807) is 17.9 Å². The molecule has 1 aliphatic rings. The molecular weight excluding hydrogens is 166 g/mol. The molecule has 1 aliphatic carbocycles. The van der Waals surface area contributed by atoms with Crippen molar-refractivity contribution in [2.45, 2.75) is 25.4 Å². The average Bonchev–Trinajstić information content (AvgIpc) is 2.29. The first kappa shape index (κ1) is 8.56. The van der Waals surface area contributed by atoms with E-state index in [9.17, 15) is 5.11 Å². The molecule has 1 atom stereocenters. The van der Waals surface area contributed by atoms with Crippen LogP contribution in [-0.4, -0.2) is 14.9 Å². The summed E-state index contributed by atoms with van der Waals surface area (Å²) in [6.45, 7) is 0. The summed E-state index contributed by atoms with van der Waals surface area (Å²) in [6.07, 6.45) is 4.69. The van der Waals surface area contributed by atoms with Gasteiger partial charge in [0.25, 0.3) is 0 Å². The summed E-state index contributed by atoms with van der Waals surface area (Å²) >= 11 is 0. The van der Waals surface area contributed by atoms with E-state index in [1.807, 2.05) is 0 Å². The molecule has 0 aromatic carbocycles. The maximum Gasteiger partial charge on any atom is 0.127 e. The molecule has 0 amide bonds. The highest BCUT2D eigenvalue weighted by Crippen LogP contribution is 2.38. The number of rotatable bonds is 2. The fourth-order valence-corrected chi connectivity index (χ4v) is 1.70.